The molecule has 0 amide bonds. The lowest BCUT2D eigenvalue weighted by Gasteiger charge is -1.95. The Labute approximate surface area is 81.3 Å². The van der Waals surface area contributed by atoms with Gasteiger partial charge in [-0.15, -0.1) is 0 Å². The van der Waals surface area contributed by atoms with Gasteiger partial charge < -0.3 is 9.88 Å². The van der Waals surface area contributed by atoms with E-state index in [0.29, 0.717) is 6.04 Å². The molecule has 0 radical (unpaired) electrons. The first-order valence-electron chi connectivity index (χ1n) is 4.73. The van der Waals surface area contributed by atoms with Crippen molar-refractivity contribution >= 4 is 10.9 Å². The molecular weight excluding hydrogens is 179 g/mol. The molecule has 1 saturated heterocycles. The van der Waals surface area contributed by atoms with Gasteiger partial charge in [0.2, 0.25) is 0 Å². The molecule has 1 aromatic heterocycles. The van der Waals surface area contributed by atoms with E-state index >= 15 is 0 Å². The normalized spacial score (nSPS) is 20.3. The predicted molar refractivity (Wildman–Crippen MR) is 53.6 cm³/mol. The number of hydrogen-bond donors (Lipinski definition) is 1. The molecule has 0 unspecified atom stereocenters. The van der Waals surface area contributed by atoms with Crippen molar-refractivity contribution in [1.29, 1.82) is 0 Å². The van der Waals surface area contributed by atoms with Crippen molar-refractivity contribution in [3.05, 3.63) is 35.8 Å². The summed E-state index contributed by atoms with van der Waals surface area (Å²) >= 11 is 0. The topological polar surface area (TPSA) is 26.9 Å². The lowest BCUT2D eigenvalue weighted by molar-refractivity contribution is 0.629. The molecule has 1 aromatic carbocycles. The fourth-order valence-corrected chi connectivity index (χ4v) is 1.95. The van der Waals surface area contributed by atoms with Gasteiger partial charge in [-0.05, 0) is 23.8 Å². The van der Waals surface area contributed by atoms with Gasteiger partial charge in [0, 0.05) is 36.7 Å². The monoisotopic (exact) mass is 190 g/mol. The summed E-state index contributed by atoms with van der Waals surface area (Å²) in [4.78, 5) is 0. The predicted octanol–water partition coefficient (Wildman–Crippen LogP) is 1.96. The molecule has 2 aromatic rings. The zero-order valence-electron chi connectivity index (χ0n) is 7.92. The van der Waals surface area contributed by atoms with Gasteiger partial charge in [0.1, 0.15) is 5.82 Å². The molecule has 1 atom stereocenters. The first kappa shape index (κ1) is 8.00. The van der Waals surface area contributed by atoms with Gasteiger partial charge in [-0.2, -0.15) is 0 Å². The van der Waals surface area contributed by atoms with Crippen LogP contribution in [0.4, 0.5) is 4.39 Å². The third-order valence-electron chi connectivity index (χ3n) is 2.77. The molecule has 14 heavy (non-hydrogen) atoms. The Morgan fingerprint density at radius 2 is 2.29 bits per heavy atom. The van der Waals surface area contributed by atoms with Gasteiger partial charge in [0.25, 0.3) is 0 Å². The Bertz CT molecular complexity index is 497. The molecule has 3 rings (SSSR count). The summed E-state index contributed by atoms with van der Waals surface area (Å²) in [7, 11) is 1.99. The summed E-state index contributed by atoms with van der Waals surface area (Å²) in [5, 5.41) is 4.27. The van der Waals surface area contributed by atoms with Gasteiger partial charge in [-0.3, -0.25) is 0 Å². The number of aromatic nitrogens is 1. The lowest BCUT2D eigenvalue weighted by Crippen LogP contribution is -1.83. The third kappa shape index (κ3) is 1.06. The highest BCUT2D eigenvalue weighted by molar-refractivity contribution is 5.84. The second-order valence-electron chi connectivity index (χ2n) is 3.82. The second kappa shape index (κ2) is 2.58. The number of nitrogens with one attached hydrogen (secondary N) is 1. The minimum absolute atomic E-state index is 0.161. The maximum Gasteiger partial charge on any atom is 0.123 e. The lowest BCUT2D eigenvalue weighted by atomic mass is 10.1. The van der Waals surface area contributed by atoms with Crippen molar-refractivity contribution in [2.24, 2.45) is 7.05 Å². The van der Waals surface area contributed by atoms with E-state index in [2.05, 4.69) is 11.5 Å². The Morgan fingerprint density at radius 1 is 1.50 bits per heavy atom. The Balaban J connectivity index is 2.33. The fourth-order valence-electron chi connectivity index (χ4n) is 1.95. The summed E-state index contributed by atoms with van der Waals surface area (Å²) in [6.07, 6.45) is 2.08. The van der Waals surface area contributed by atoms with Crippen LogP contribution in [0.15, 0.2) is 24.4 Å². The van der Waals surface area contributed by atoms with E-state index in [1.54, 1.807) is 6.07 Å². The van der Waals surface area contributed by atoms with Crippen molar-refractivity contribution in [3.63, 3.8) is 0 Å². The fraction of sp³-hybridized carbons (Fsp3) is 0.273. The van der Waals surface area contributed by atoms with Gasteiger partial charge in [-0.1, -0.05) is 0 Å². The summed E-state index contributed by atoms with van der Waals surface area (Å²) in [5.74, 6) is -0.161. The second-order valence-corrected chi connectivity index (χ2v) is 3.82. The van der Waals surface area contributed by atoms with Gasteiger partial charge in [0.15, 0.2) is 0 Å². The Morgan fingerprint density at radius 3 is 3.00 bits per heavy atom. The highest BCUT2D eigenvalue weighted by Gasteiger charge is 2.25. The first-order chi connectivity index (χ1) is 6.75. The number of nitrogens with zero attached hydrogens (tertiary/aromatic N) is 1. The van der Waals surface area contributed by atoms with E-state index in [4.69, 9.17) is 0 Å². The van der Waals surface area contributed by atoms with E-state index in [-0.39, 0.29) is 5.82 Å². The minimum atomic E-state index is -0.161. The summed E-state index contributed by atoms with van der Waals surface area (Å²) < 4.78 is 15.1. The van der Waals surface area contributed by atoms with Crippen molar-refractivity contribution in [3.8, 4) is 0 Å². The van der Waals surface area contributed by atoms with Crippen LogP contribution in [-0.4, -0.2) is 11.1 Å². The Kier molecular flexibility index (Phi) is 1.47. The van der Waals surface area contributed by atoms with Crippen molar-refractivity contribution in [2.45, 2.75) is 6.04 Å². The molecule has 2 heterocycles. The average Bonchev–Trinajstić information content (AvgIpc) is 2.93. The zero-order valence-corrected chi connectivity index (χ0v) is 7.92. The molecule has 1 N–H and O–H groups in total. The number of hydrogen-bond acceptors (Lipinski definition) is 1. The highest BCUT2D eigenvalue weighted by Crippen LogP contribution is 2.30. The van der Waals surface area contributed by atoms with E-state index in [1.807, 2.05) is 17.7 Å². The number of halogens is 1. The number of fused-ring (bicyclic) bond motifs is 1. The van der Waals surface area contributed by atoms with Crippen LogP contribution in [0.3, 0.4) is 0 Å². The quantitative estimate of drug-likeness (QED) is 0.684. The van der Waals surface area contributed by atoms with Crippen LogP contribution < -0.4 is 5.32 Å². The maximum absolute atomic E-state index is 13.1. The van der Waals surface area contributed by atoms with Crippen LogP contribution in [0.25, 0.3) is 10.9 Å². The molecule has 3 heteroatoms. The van der Waals surface area contributed by atoms with Gasteiger partial charge in [-0.25, -0.2) is 4.39 Å². The molecule has 0 aliphatic carbocycles. The van der Waals surface area contributed by atoms with E-state index in [9.17, 15) is 4.39 Å². The SMILES string of the molecule is Cn1cc([C@H]2CN2)c2cc(F)ccc21. The van der Waals surface area contributed by atoms with Crippen molar-refractivity contribution < 1.29 is 4.39 Å². The summed E-state index contributed by atoms with van der Waals surface area (Å²) in [6, 6.07) is 5.38. The van der Waals surface area contributed by atoms with Gasteiger partial charge >= 0.3 is 0 Å². The van der Waals surface area contributed by atoms with E-state index in [1.165, 1.54) is 11.6 Å². The van der Waals surface area contributed by atoms with Crippen LogP contribution in [0.1, 0.15) is 11.6 Å². The minimum Gasteiger partial charge on any atom is -0.350 e. The molecule has 72 valence electrons. The largest absolute Gasteiger partial charge is 0.350 e. The van der Waals surface area contributed by atoms with Crippen molar-refractivity contribution in [1.82, 2.24) is 9.88 Å². The molecule has 1 fully saturated rings. The zero-order chi connectivity index (χ0) is 9.71. The molecule has 0 spiro atoms. The smallest absolute Gasteiger partial charge is 0.123 e. The average molecular weight is 190 g/mol. The van der Waals surface area contributed by atoms with E-state index < -0.39 is 0 Å². The van der Waals surface area contributed by atoms with Crippen molar-refractivity contribution in [2.75, 3.05) is 6.54 Å². The highest BCUT2D eigenvalue weighted by atomic mass is 19.1. The van der Waals surface area contributed by atoms with Crippen LogP contribution in [0, 0.1) is 5.82 Å². The Hall–Kier alpha value is -1.35. The van der Waals surface area contributed by atoms with Gasteiger partial charge in [0.05, 0.1) is 0 Å². The number of rotatable bonds is 1. The van der Waals surface area contributed by atoms with E-state index in [0.717, 1.165) is 17.4 Å². The standard InChI is InChI=1S/C11H11FN2/c1-14-6-9(10-5-13-10)8-4-7(12)2-3-11(8)14/h2-4,6,10,13H,5H2,1H3/t10-/m1/s1. The third-order valence-corrected chi connectivity index (χ3v) is 2.77. The number of benzene rings is 1. The maximum atomic E-state index is 13.1. The van der Waals surface area contributed by atoms with Crippen LogP contribution in [0.2, 0.25) is 0 Å². The number of aryl methyl sites for hydroxylation is 1. The molecule has 1 aliphatic rings. The summed E-state index contributed by atoms with van der Waals surface area (Å²) in [5.41, 5.74) is 2.30. The molecule has 0 bridgehead atoms. The molecule has 1 aliphatic heterocycles. The molecule has 2 nitrogen and oxygen atoms in total. The van der Waals surface area contributed by atoms with Crippen LogP contribution in [0.5, 0.6) is 0 Å². The molecular formula is C11H11FN2. The first-order valence-corrected chi connectivity index (χ1v) is 4.73. The summed E-state index contributed by atoms with van der Waals surface area (Å²) in [6.45, 7) is 1.01. The molecule has 0 saturated carbocycles. The van der Waals surface area contributed by atoms with Crippen LogP contribution >= 0.6 is 0 Å². The van der Waals surface area contributed by atoms with Crippen LogP contribution in [-0.2, 0) is 7.05 Å².